The van der Waals surface area contributed by atoms with Crippen molar-refractivity contribution < 1.29 is 76.2 Å². The molecule has 3 saturated heterocycles. The number of carbonyl (C=O) groups is 7. The maximum atomic E-state index is 14.2. The lowest BCUT2D eigenvalue weighted by Crippen LogP contribution is -2.72. The van der Waals surface area contributed by atoms with Crippen LogP contribution < -0.4 is 0 Å². The van der Waals surface area contributed by atoms with Crippen molar-refractivity contribution in [3.05, 3.63) is 94.1 Å². The van der Waals surface area contributed by atoms with E-state index >= 15 is 0 Å². The molecule has 2 aromatic carbocycles. The fraction of sp³-hybridized carbons (Fsp3) is 0.477. The Balaban J connectivity index is 1.39. The topological polar surface area (TPSA) is 209 Å². The third-order valence-corrected chi connectivity index (χ3v) is 11.5. The van der Waals surface area contributed by atoms with E-state index in [-0.39, 0.29) is 35.5 Å². The van der Waals surface area contributed by atoms with Gasteiger partial charge in [-0.05, 0) is 33.3 Å². The molecule has 7 rings (SSSR count). The van der Waals surface area contributed by atoms with Crippen molar-refractivity contribution in [1.29, 1.82) is 0 Å². The highest BCUT2D eigenvalue weighted by molar-refractivity contribution is 6.19. The molecule has 11 atom stereocenters. The van der Waals surface area contributed by atoms with Crippen LogP contribution in [-0.4, -0.2) is 126 Å². The number of hydrogen-bond donors (Lipinski definition) is 0. The van der Waals surface area contributed by atoms with Crippen LogP contribution in [-0.2, 0) is 82.8 Å². The first-order valence-corrected chi connectivity index (χ1v) is 20.1. The van der Waals surface area contributed by atoms with Gasteiger partial charge >= 0.3 is 17.9 Å². The number of imide groups is 2. The zero-order valence-electron chi connectivity index (χ0n) is 35.2. The summed E-state index contributed by atoms with van der Waals surface area (Å²) in [5, 5.41) is 0. The van der Waals surface area contributed by atoms with Crippen LogP contribution in [0.5, 0.6) is 0 Å². The van der Waals surface area contributed by atoms with Crippen LogP contribution in [0.2, 0.25) is 0 Å². The van der Waals surface area contributed by atoms with Gasteiger partial charge in [-0.1, -0.05) is 60.7 Å². The minimum Gasteiger partial charge on any atom is -0.463 e. The fourth-order valence-corrected chi connectivity index (χ4v) is 8.17. The third kappa shape index (κ3) is 8.71. The summed E-state index contributed by atoms with van der Waals surface area (Å²) in [6.07, 6.45) is -12.6. The molecule has 330 valence electrons. The van der Waals surface area contributed by atoms with Crippen molar-refractivity contribution in [2.24, 2.45) is 0 Å². The number of hydrogen-bond acceptors (Lipinski definition) is 16. The quantitative estimate of drug-likeness (QED) is 0.171. The van der Waals surface area contributed by atoms with Gasteiger partial charge in [0.1, 0.15) is 43.1 Å². The van der Waals surface area contributed by atoms with Crippen LogP contribution in [0.4, 0.5) is 0 Å². The van der Waals surface area contributed by atoms with E-state index in [1.54, 1.807) is 24.3 Å². The molecule has 5 aliphatic rings. The number of esters is 3. The highest BCUT2D eigenvalue weighted by Crippen LogP contribution is 2.42. The summed E-state index contributed by atoms with van der Waals surface area (Å²) in [5.74, 6) is -5.41. The number of ether oxygens (including phenoxy) is 9. The first kappa shape index (κ1) is 44.4. The average Bonchev–Trinajstić information content (AvgIpc) is 3.56. The van der Waals surface area contributed by atoms with Crippen molar-refractivity contribution in [3.8, 4) is 0 Å². The van der Waals surface area contributed by atoms with E-state index in [4.69, 9.17) is 42.6 Å². The molecule has 0 aromatic heterocycles. The van der Waals surface area contributed by atoms with Crippen LogP contribution in [0.1, 0.15) is 65.9 Å². The van der Waals surface area contributed by atoms with Gasteiger partial charge in [-0.2, -0.15) is 0 Å². The first-order chi connectivity index (χ1) is 29.6. The van der Waals surface area contributed by atoms with Gasteiger partial charge in [0.05, 0.1) is 13.2 Å². The Hall–Kier alpha value is -5.63. The van der Waals surface area contributed by atoms with Crippen molar-refractivity contribution in [1.82, 2.24) is 9.80 Å². The maximum Gasteiger partial charge on any atom is 0.303 e. The lowest BCUT2D eigenvalue weighted by molar-refractivity contribution is -0.379. The Morgan fingerprint density at radius 1 is 0.629 bits per heavy atom. The monoisotopic (exact) mass is 860 g/mol. The largest absolute Gasteiger partial charge is 0.463 e. The molecule has 0 bridgehead atoms. The summed E-state index contributed by atoms with van der Waals surface area (Å²) in [4.78, 5) is 96.1. The van der Waals surface area contributed by atoms with Crippen LogP contribution >= 0.6 is 0 Å². The highest BCUT2D eigenvalue weighted by Gasteiger charge is 2.62. The minimum absolute atomic E-state index is 0.0469. The van der Waals surface area contributed by atoms with Gasteiger partial charge in [0.25, 0.3) is 23.6 Å². The fourth-order valence-electron chi connectivity index (χ4n) is 8.17. The molecule has 0 aliphatic carbocycles. The Morgan fingerprint density at radius 2 is 1.15 bits per heavy atom. The Morgan fingerprint density at radius 3 is 1.68 bits per heavy atom. The molecule has 0 radical (unpaired) electrons. The highest BCUT2D eigenvalue weighted by atomic mass is 16.8. The zero-order chi connectivity index (χ0) is 44.6. The van der Waals surface area contributed by atoms with Gasteiger partial charge < -0.3 is 42.6 Å². The van der Waals surface area contributed by atoms with E-state index < -0.39 is 116 Å². The molecule has 0 saturated carbocycles. The van der Waals surface area contributed by atoms with E-state index in [9.17, 15) is 33.6 Å². The molecular formula is C44H48N2O16. The molecule has 0 N–H and O–H groups in total. The number of nitrogens with zero attached hydrogens (tertiary/aromatic N) is 2. The van der Waals surface area contributed by atoms with E-state index in [0.29, 0.717) is 5.56 Å². The van der Waals surface area contributed by atoms with E-state index in [1.807, 2.05) is 36.4 Å². The standard InChI is InChI=1S/C44H48N2O16/c1-21-22(2)39(51)45(38(21)50)32-37(35-31(20-56-42(61-35)29-16-12-9-13-17-29)59-43(32)55-18-28-14-10-8-11-15-28)62-44-33(46-40(52)23(3)24(4)41(46)53)36(58-27(7)49)34(57-26(6)48)30(60-44)19-54-25(5)47/h8-17,30-37,42-44H,18-20H2,1-7H3/t30-,31-,32-,33-,34-,35-,36-,37-,42-,43-,44+/m1/s1. The van der Waals surface area contributed by atoms with Crippen molar-refractivity contribution in [2.45, 2.75) is 123 Å². The Kier molecular flexibility index (Phi) is 13.2. The Bertz CT molecular complexity index is 2130. The molecule has 62 heavy (non-hydrogen) atoms. The number of fused-ring (bicyclic) bond motifs is 1. The van der Waals surface area contributed by atoms with Gasteiger partial charge in [0.2, 0.25) is 0 Å². The van der Waals surface area contributed by atoms with Crippen LogP contribution in [0.3, 0.4) is 0 Å². The summed E-state index contributed by atoms with van der Waals surface area (Å²) < 4.78 is 56.1. The molecule has 2 aromatic rings. The lowest BCUT2D eigenvalue weighted by atomic mass is 9.92. The molecule has 4 amide bonds. The van der Waals surface area contributed by atoms with Gasteiger partial charge in [0.15, 0.2) is 31.1 Å². The summed E-state index contributed by atoms with van der Waals surface area (Å²) >= 11 is 0. The minimum atomic E-state index is -1.83. The van der Waals surface area contributed by atoms with Crippen LogP contribution in [0, 0.1) is 0 Å². The van der Waals surface area contributed by atoms with Crippen molar-refractivity contribution >= 4 is 41.5 Å². The normalized spacial score (nSPS) is 31.4. The number of amides is 4. The summed E-state index contributed by atoms with van der Waals surface area (Å²) in [6.45, 7) is 8.48. The average molecular weight is 861 g/mol. The van der Waals surface area contributed by atoms with Gasteiger partial charge in [-0.25, -0.2) is 0 Å². The molecule has 3 fully saturated rings. The molecule has 0 unspecified atom stereocenters. The number of rotatable bonds is 12. The predicted molar refractivity (Wildman–Crippen MR) is 209 cm³/mol. The molecule has 5 aliphatic heterocycles. The van der Waals surface area contributed by atoms with Gasteiger partial charge in [-0.3, -0.25) is 43.4 Å². The summed E-state index contributed by atoms with van der Waals surface area (Å²) in [7, 11) is 0. The van der Waals surface area contributed by atoms with E-state index in [2.05, 4.69) is 0 Å². The molecule has 0 spiro atoms. The predicted octanol–water partition coefficient (Wildman–Crippen LogP) is 2.73. The second-order valence-corrected chi connectivity index (χ2v) is 15.6. The van der Waals surface area contributed by atoms with E-state index in [1.165, 1.54) is 27.7 Å². The molecular weight excluding hydrogens is 812 g/mol. The van der Waals surface area contributed by atoms with E-state index in [0.717, 1.165) is 36.1 Å². The second-order valence-electron chi connectivity index (χ2n) is 15.6. The maximum absolute atomic E-state index is 14.2. The third-order valence-electron chi connectivity index (χ3n) is 11.5. The smallest absolute Gasteiger partial charge is 0.303 e. The summed E-state index contributed by atoms with van der Waals surface area (Å²) in [6, 6.07) is 14.9. The number of carbonyl (C=O) groups excluding carboxylic acids is 7. The van der Waals surface area contributed by atoms with Crippen molar-refractivity contribution in [2.75, 3.05) is 13.2 Å². The summed E-state index contributed by atoms with van der Waals surface area (Å²) in [5.41, 5.74) is 1.80. The zero-order valence-corrected chi connectivity index (χ0v) is 35.2. The second kappa shape index (κ2) is 18.4. The molecule has 18 nitrogen and oxygen atoms in total. The van der Waals surface area contributed by atoms with Crippen molar-refractivity contribution in [3.63, 3.8) is 0 Å². The van der Waals surface area contributed by atoms with Gasteiger partial charge in [-0.15, -0.1) is 0 Å². The molecule has 5 heterocycles. The van der Waals surface area contributed by atoms with Crippen LogP contribution in [0.15, 0.2) is 83.0 Å². The lowest BCUT2D eigenvalue weighted by Gasteiger charge is -2.53. The Labute approximate surface area is 356 Å². The first-order valence-electron chi connectivity index (χ1n) is 20.1. The molecule has 18 heteroatoms. The van der Waals surface area contributed by atoms with Gasteiger partial charge in [0, 0.05) is 48.6 Å². The van der Waals surface area contributed by atoms with Crippen LogP contribution in [0.25, 0.3) is 0 Å². The SMILES string of the molecule is CC(=O)OC[C@H]1O[C@@H](O[C@H]2[C@@H]3O[C@H](c4ccccc4)OC[C@H]3O[C@@H](OCc3ccccc3)[C@@H]2N2C(=O)C(C)=C(C)C2=O)[C@H](N2C(=O)C(C)=C(C)C2=O)[C@@H](OC(C)=O)[C@@H]1OC(C)=O. The number of benzene rings is 2.